The molecule has 0 saturated carbocycles. The first kappa shape index (κ1) is 22.3. The summed E-state index contributed by atoms with van der Waals surface area (Å²) in [5.41, 5.74) is 2.52. The second-order valence-electron chi connectivity index (χ2n) is 7.89. The minimum Gasteiger partial charge on any atom is -0.325 e. The highest BCUT2D eigenvalue weighted by atomic mass is 79.9. The van der Waals surface area contributed by atoms with E-state index in [1.54, 1.807) is 15.9 Å². The smallest absolute Gasteiger partial charge is 0.267 e. The standard InChI is InChI=1S/C24H21BrN4O2S2/c1-28-11-10-18-19(13-28)33-22-21(18)23(31)29(17-8-3-2-4-9-17)24(27-22)32-14-20(30)26-16-7-5-6-15(25)12-16/h2-9,12H,10-11,13-14H2,1H3,(H,26,30). The number of para-hydroxylation sites is 1. The molecule has 9 heteroatoms. The van der Waals surface area contributed by atoms with Crippen LogP contribution >= 0.6 is 39.0 Å². The average Bonchev–Trinajstić information content (AvgIpc) is 3.16. The Balaban J connectivity index is 1.52. The van der Waals surface area contributed by atoms with Crippen LogP contribution in [0.25, 0.3) is 15.9 Å². The normalized spacial score (nSPS) is 13.8. The van der Waals surface area contributed by atoms with Crippen LogP contribution in [0.4, 0.5) is 5.69 Å². The minimum atomic E-state index is -0.154. The summed E-state index contributed by atoms with van der Waals surface area (Å²) in [6.45, 7) is 1.76. The number of amides is 1. The number of carbonyl (C=O) groups is 1. The molecule has 0 bridgehead atoms. The van der Waals surface area contributed by atoms with Crippen molar-refractivity contribution in [2.24, 2.45) is 0 Å². The van der Waals surface area contributed by atoms with Crippen molar-refractivity contribution in [2.75, 3.05) is 24.7 Å². The summed E-state index contributed by atoms with van der Waals surface area (Å²) in [5.74, 6) is -0.00959. The molecule has 33 heavy (non-hydrogen) atoms. The van der Waals surface area contributed by atoms with Crippen molar-refractivity contribution in [3.8, 4) is 5.69 Å². The predicted molar refractivity (Wildman–Crippen MR) is 139 cm³/mol. The van der Waals surface area contributed by atoms with Gasteiger partial charge in [-0.15, -0.1) is 11.3 Å². The van der Waals surface area contributed by atoms with Gasteiger partial charge in [0.2, 0.25) is 5.91 Å². The number of halogens is 1. The van der Waals surface area contributed by atoms with Gasteiger partial charge in [0.1, 0.15) is 4.83 Å². The molecule has 0 fully saturated rings. The van der Waals surface area contributed by atoms with Crippen LogP contribution < -0.4 is 10.9 Å². The number of rotatable bonds is 5. The van der Waals surface area contributed by atoms with Crippen LogP contribution in [0, 0.1) is 0 Å². The Kier molecular flexibility index (Phi) is 6.38. The summed E-state index contributed by atoms with van der Waals surface area (Å²) in [6.07, 6.45) is 0.846. The predicted octanol–water partition coefficient (Wildman–Crippen LogP) is 4.93. The molecular formula is C24H21BrN4O2S2. The van der Waals surface area contributed by atoms with Crippen molar-refractivity contribution in [3.63, 3.8) is 0 Å². The number of benzene rings is 2. The molecule has 1 aliphatic heterocycles. The van der Waals surface area contributed by atoms with Crippen LogP contribution in [0.1, 0.15) is 10.4 Å². The summed E-state index contributed by atoms with van der Waals surface area (Å²) in [5, 5.41) is 4.14. The SMILES string of the molecule is CN1CCc2c(sc3nc(SCC(=O)Nc4cccc(Br)c4)n(-c4ccccc4)c(=O)c23)C1. The maximum atomic E-state index is 13.7. The van der Waals surface area contributed by atoms with Gasteiger partial charge in [0.25, 0.3) is 5.56 Å². The molecule has 0 spiro atoms. The van der Waals surface area contributed by atoms with Crippen LogP contribution in [0.15, 0.2) is 69.0 Å². The Morgan fingerprint density at radius 3 is 2.82 bits per heavy atom. The maximum absolute atomic E-state index is 13.7. The Hall–Kier alpha value is -2.46. The quantitative estimate of drug-likeness (QED) is 0.287. The van der Waals surface area contributed by atoms with Crippen molar-refractivity contribution in [3.05, 3.63) is 79.9 Å². The number of aromatic nitrogens is 2. The van der Waals surface area contributed by atoms with Gasteiger partial charge < -0.3 is 10.2 Å². The first-order valence-electron chi connectivity index (χ1n) is 10.5. The lowest BCUT2D eigenvalue weighted by Gasteiger charge is -2.21. The van der Waals surface area contributed by atoms with E-state index in [0.29, 0.717) is 10.8 Å². The maximum Gasteiger partial charge on any atom is 0.267 e. The van der Waals surface area contributed by atoms with E-state index in [9.17, 15) is 9.59 Å². The number of anilines is 1. The van der Waals surface area contributed by atoms with E-state index in [0.717, 1.165) is 45.5 Å². The summed E-state index contributed by atoms with van der Waals surface area (Å²) in [4.78, 5) is 35.4. The number of fused-ring (bicyclic) bond motifs is 3. The van der Waals surface area contributed by atoms with Crippen molar-refractivity contribution in [1.29, 1.82) is 0 Å². The van der Waals surface area contributed by atoms with E-state index in [1.807, 2.05) is 54.6 Å². The molecule has 0 unspecified atom stereocenters. The molecule has 2 aromatic carbocycles. The van der Waals surface area contributed by atoms with Crippen molar-refractivity contribution in [2.45, 2.75) is 18.1 Å². The molecule has 3 heterocycles. The highest BCUT2D eigenvalue weighted by Gasteiger charge is 2.24. The number of nitrogens with zero attached hydrogens (tertiary/aromatic N) is 3. The van der Waals surface area contributed by atoms with Gasteiger partial charge in [-0.25, -0.2) is 4.98 Å². The molecule has 4 aromatic rings. The van der Waals surface area contributed by atoms with E-state index in [4.69, 9.17) is 4.98 Å². The summed E-state index contributed by atoms with van der Waals surface area (Å²) in [6, 6.07) is 17.0. The van der Waals surface area contributed by atoms with E-state index >= 15 is 0 Å². The molecule has 0 radical (unpaired) electrons. The molecule has 1 aliphatic rings. The van der Waals surface area contributed by atoms with Crippen molar-refractivity contribution in [1.82, 2.24) is 14.5 Å². The molecule has 1 N–H and O–H groups in total. The average molecular weight is 541 g/mol. The first-order chi connectivity index (χ1) is 16.0. The second kappa shape index (κ2) is 9.42. The monoisotopic (exact) mass is 540 g/mol. The number of nitrogens with one attached hydrogen (secondary N) is 1. The van der Waals surface area contributed by atoms with Crippen LogP contribution in [-0.2, 0) is 17.8 Å². The van der Waals surface area contributed by atoms with Crippen LogP contribution in [-0.4, -0.2) is 39.7 Å². The van der Waals surface area contributed by atoms with Gasteiger partial charge in [-0.2, -0.15) is 0 Å². The lowest BCUT2D eigenvalue weighted by molar-refractivity contribution is -0.113. The third-order valence-corrected chi connectivity index (χ3v) is 8.03. The van der Waals surface area contributed by atoms with E-state index in [2.05, 4.69) is 33.2 Å². The summed E-state index contributed by atoms with van der Waals surface area (Å²) < 4.78 is 2.54. The van der Waals surface area contributed by atoms with E-state index < -0.39 is 0 Å². The topological polar surface area (TPSA) is 67.2 Å². The van der Waals surface area contributed by atoms with Crippen molar-refractivity contribution < 1.29 is 4.79 Å². The molecule has 0 atom stereocenters. The Labute approximate surface area is 207 Å². The Bertz CT molecular complexity index is 1400. The lowest BCUT2D eigenvalue weighted by atomic mass is 10.1. The Morgan fingerprint density at radius 2 is 2.03 bits per heavy atom. The third kappa shape index (κ3) is 4.63. The molecule has 0 saturated heterocycles. The highest BCUT2D eigenvalue weighted by Crippen LogP contribution is 2.34. The van der Waals surface area contributed by atoms with Crippen molar-refractivity contribution >= 4 is 60.8 Å². The zero-order valence-corrected chi connectivity index (χ0v) is 21.1. The number of thiophene rings is 1. The first-order valence-corrected chi connectivity index (χ1v) is 13.1. The van der Waals surface area contributed by atoms with Gasteiger partial charge in [-0.1, -0.05) is 52.0 Å². The third-order valence-electron chi connectivity index (χ3n) is 5.49. The van der Waals surface area contributed by atoms with Crippen LogP contribution in [0.5, 0.6) is 0 Å². The minimum absolute atomic E-state index is 0.0665. The van der Waals surface area contributed by atoms with Gasteiger partial charge in [0.05, 0.1) is 16.8 Å². The van der Waals surface area contributed by atoms with Crippen LogP contribution in [0.3, 0.4) is 0 Å². The molecule has 2 aromatic heterocycles. The summed E-state index contributed by atoms with van der Waals surface area (Å²) >= 11 is 6.28. The molecule has 5 rings (SSSR count). The number of thioether (sulfide) groups is 1. The van der Waals surface area contributed by atoms with Gasteiger partial charge in [0, 0.05) is 28.1 Å². The highest BCUT2D eigenvalue weighted by molar-refractivity contribution is 9.10. The molecule has 168 valence electrons. The number of carbonyl (C=O) groups excluding carboxylic acids is 1. The largest absolute Gasteiger partial charge is 0.325 e. The molecule has 0 aliphatic carbocycles. The fourth-order valence-electron chi connectivity index (χ4n) is 3.95. The number of hydrogen-bond acceptors (Lipinski definition) is 6. The summed E-state index contributed by atoms with van der Waals surface area (Å²) in [7, 11) is 2.09. The molecule has 1 amide bonds. The molecular weight excluding hydrogens is 520 g/mol. The molecule has 6 nitrogen and oxygen atoms in total. The van der Waals surface area contributed by atoms with E-state index in [-0.39, 0.29) is 17.2 Å². The van der Waals surface area contributed by atoms with Gasteiger partial charge in [0.15, 0.2) is 5.16 Å². The van der Waals surface area contributed by atoms with E-state index in [1.165, 1.54) is 16.6 Å². The number of hydrogen-bond donors (Lipinski definition) is 1. The van der Waals surface area contributed by atoms with Gasteiger partial charge in [-0.05, 0) is 49.4 Å². The van der Waals surface area contributed by atoms with Gasteiger partial charge >= 0.3 is 0 Å². The van der Waals surface area contributed by atoms with Gasteiger partial charge in [-0.3, -0.25) is 14.2 Å². The Morgan fingerprint density at radius 1 is 1.21 bits per heavy atom. The zero-order valence-electron chi connectivity index (χ0n) is 17.9. The second-order valence-corrected chi connectivity index (χ2v) is 10.8. The lowest BCUT2D eigenvalue weighted by Crippen LogP contribution is -2.27. The number of likely N-dealkylation sites (N-methyl/N-ethyl adjacent to an activating group) is 1. The van der Waals surface area contributed by atoms with Crippen LogP contribution in [0.2, 0.25) is 0 Å². The fourth-order valence-corrected chi connectivity index (χ4v) is 6.50. The fraction of sp³-hybridized carbons (Fsp3) is 0.208. The zero-order chi connectivity index (χ0) is 22.9.